The minimum absolute atomic E-state index is 0.300. The second kappa shape index (κ2) is 10.5. The van der Waals surface area contributed by atoms with Gasteiger partial charge < -0.3 is 9.15 Å². The van der Waals surface area contributed by atoms with Crippen LogP contribution in [0.1, 0.15) is 16.7 Å². The highest BCUT2D eigenvalue weighted by molar-refractivity contribution is 9.10. The van der Waals surface area contributed by atoms with Crippen LogP contribution in [0.4, 0.5) is 0 Å². The second-order valence-electron chi connectivity index (χ2n) is 9.05. The lowest BCUT2D eigenvalue weighted by molar-refractivity contribution is 0.304. The van der Waals surface area contributed by atoms with E-state index in [9.17, 15) is 4.79 Å². The Bertz CT molecular complexity index is 1870. The van der Waals surface area contributed by atoms with E-state index in [1.807, 2.05) is 73.7 Å². The van der Waals surface area contributed by atoms with Gasteiger partial charge in [-0.25, -0.2) is 4.98 Å². The van der Waals surface area contributed by atoms with E-state index in [2.05, 4.69) is 21.0 Å². The van der Waals surface area contributed by atoms with Gasteiger partial charge in [-0.2, -0.15) is 9.78 Å². The van der Waals surface area contributed by atoms with Crippen molar-refractivity contribution in [3.05, 3.63) is 128 Å². The SMILES string of the molecule is Cc1ccc(COc2c(Cl)cc(C=Nn3c(-c4cc5ccccc5o4)nc4ccccc4c3=O)cc2Br)cc1. The van der Waals surface area contributed by atoms with E-state index < -0.39 is 0 Å². The molecular formula is C31H21BrClN3O3. The number of para-hydroxylation sites is 2. The van der Waals surface area contributed by atoms with Crippen molar-refractivity contribution >= 4 is 55.6 Å². The molecule has 6 aromatic rings. The van der Waals surface area contributed by atoms with Crippen LogP contribution in [0, 0.1) is 6.92 Å². The normalized spacial score (nSPS) is 11.6. The second-order valence-corrected chi connectivity index (χ2v) is 10.3. The van der Waals surface area contributed by atoms with Crippen molar-refractivity contribution in [1.82, 2.24) is 9.66 Å². The number of hydrogen-bond acceptors (Lipinski definition) is 5. The van der Waals surface area contributed by atoms with Gasteiger partial charge in [0.15, 0.2) is 11.5 Å². The van der Waals surface area contributed by atoms with Gasteiger partial charge in [-0.3, -0.25) is 4.79 Å². The Labute approximate surface area is 237 Å². The predicted octanol–water partition coefficient (Wildman–Crippen LogP) is 8.00. The van der Waals surface area contributed by atoms with Crippen LogP contribution in [0.25, 0.3) is 33.5 Å². The van der Waals surface area contributed by atoms with Gasteiger partial charge in [0, 0.05) is 5.39 Å². The molecule has 0 fully saturated rings. The number of benzene rings is 4. The van der Waals surface area contributed by atoms with Gasteiger partial charge in [0.25, 0.3) is 5.56 Å². The van der Waals surface area contributed by atoms with Crippen LogP contribution in [-0.4, -0.2) is 15.9 Å². The van der Waals surface area contributed by atoms with Crippen molar-refractivity contribution in [1.29, 1.82) is 0 Å². The molecule has 6 rings (SSSR count). The molecule has 0 atom stereocenters. The number of furan rings is 1. The molecule has 0 radical (unpaired) electrons. The van der Waals surface area contributed by atoms with Crippen LogP contribution in [0.3, 0.4) is 0 Å². The summed E-state index contributed by atoms with van der Waals surface area (Å²) in [6.45, 7) is 2.42. The number of rotatable bonds is 6. The number of halogens is 2. The van der Waals surface area contributed by atoms with Crippen LogP contribution in [-0.2, 0) is 6.61 Å². The van der Waals surface area contributed by atoms with E-state index in [1.54, 1.807) is 30.5 Å². The first-order valence-electron chi connectivity index (χ1n) is 12.2. The zero-order valence-corrected chi connectivity index (χ0v) is 23.1. The van der Waals surface area contributed by atoms with E-state index in [0.29, 0.717) is 55.5 Å². The highest BCUT2D eigenvalue weighted by Crippen LogP contribution is 2.35. The van der Waals surface area contributed by atoms with Gasteiger partial charge in [-0.05, 0) is 70.4 Å². The van der Waals surface area contributed by atoms with Gasteiger partial charge in [0.05, 0.1) is 26.6 Å². The maximum absolute atomic E-state index is 13.5. The molecule has 0 N–H and O–H groups in total. The average Bonchev–Trinajstić information content (AvgIpc) is 3.37. The van der Waals surface area contributed by atoms with Crippen LogP contribution in [0.15, 0.2) is 110 Å². The fourth-order valence-corrected chi connectivity index (χ4v) is 5.23. The predicted molar refractivity (Wildman–Crippen MR) is 159 cm³/mol. The molecular weight excluding hydrogens is 578 g/mol. The standard InChI is InChI=1S/C31H21BrClN3O3/c1-19-10-12-20(13-11-19)18-38-29-24(32)14-21(15-25(29)33)17-34-36-30(28-16-22-6-2-5-9-27(22)39-28)35-26-8-4-3-7-23(26)31(36)37/h2-17H,18H2,1H3. The van der Waals surface area contributed by atoms with Crippen molar-refractivity contribution in [2.24, 2.45) is 5.10 Å². The van der Waals surface area contributed by atoms with Crippen molar-refractivity contribution in [3.63, 3.8) is 0 Å². The van der Waals surface area contributed by atoms with E-state index in [-0.39, 0.29) is 5.56 Å². The third kappa shape index (κ3) is 5.11. The maximum Gasteiger partial charge on any atom is 0.282 e. The fraction of sp³-hybridized carbons (Fsp3) is 0.0645. The minimum Gasteiger partial charge on any atom is -0.486 e. The highest BCUT2D eigenvalue weighted by atomic mass is 79.9. The Hall–Kier alpha value is -4.20. The molecule has 0 bridgehead atoms. The first kappa shape index (κ1) is 25.1. The largest absolute Gasteiger partial charge is 0.486 e. The van der Waals surface area contributed by atoms with E-state index in [4.69, 9.17) is 25.7 Å². The summed E-state index contributed by atoms with van der Waals surface area (Å²) in [7, 11) is 0. The summed E-state index contributed by atoms with van der Waals surface area (Å²) >= 11 is 10.1. The van der Waals surface area contributed by atoms with Crippen LogP contribution < -0.4 is 10.3 Å². The maximum atomic E-state index is 13.5. The van der Waals surface area contributed by atoms with Crippen LogP contribution in [0.5, 0.6) is 5.75 Å². The van der Waals surface area contributed by atoms with Gasteiger partial charge in [0.1, 0.15) is 12.2 Å². The lowest BCUT2D eigenvalue weighted by atomic mass is 10.2. The molecule has 0 unspecified atom stereocenters. The zero-order valence-electron chi connectivity index (χ0n) is 20.8. The average molecular weight is 599 g/mol. The molecule has 0 amide bonds. The summed E-state index contributed by atoms with van der Waals surface area (Å²) in [4.78, 5) is 18.2. The topological polar surface area (TPSA) is 69.6 Å². The van der Waals surface area contributed by atoms with Gasteiger partial charge in [-0.1, -0.05) is 71.8 Å². The highest BCUT2D eigenvalue weighted by Gasteiger charge is 2.16. The number of nitrogens with zero attached hydrogens (tertiary/aromatic N) is 3. The summed E-state index contributed by atoms with van der Waals surface area (Å²) in [5, 5.41) is 6.30. The van der Waals surface area contributed by atoms with Gasteiger partial charge >= 0.3 is 0 Å². The summed E-state index contributed by atoms with van der Waals surface area (Å²) in [6, 6.07) is 28.3. The van der Waals surface area contributed by atoms with Crippen LogP contribution >= 0.6 is 27.5 Å². The Morgan fingerprint density at radius 2 is 1.79 bits per heavy atom. The molecule has 2 aromatic heterocycles. The van der Waals surface area contributed by atoms with Crippen molar-refractivity contribution in [2.75, 3.05) is 0 Å². The van der Waals surface area contributed by atoms with Gasteiger partial charge in [-0.15, -0.1) is 0 Å². The monoisotopic (exact) mass is 597 g/mol. The summed E-state index contributed by atoms with van der Waals surface area (Å²) in [5.41, 5.74) is 3.84. The molecule has 0 saturated carbocycles. The molecule has 2 heterocycles. The number of aromatic nitrogens is 2. The molecule has 0 spiro atoms. The lowest BCUT2D eigenvalue weighted by Gasteiger charge is -2.11. The molecule has 39 heavy (non-hydrogen) atoms. The lowest BCUT2D eigenvalue weighted by Crippen LogP contribution is -2.20. The van der Waals surface area contributed by atoms with E-state index in [0.717, 1.165) is 10.9 Å². The van der Waals surface area contributed by atoms with Crippen LogP contribution in [0.2, 0.25) is 5.02 Å². The molecule has 4 aromatic carbocycles. The molecule has 0 aliphatic heterocycles. The van der Waals surface area contributed by atoms with E-state index in [1.165, 1.54) is 10.2 Å². The molecule has 0 saturated heterocycles. The zero-order chi connectivity index (χ0) is 26.9. The number of fused-ring (bicyclic) bond motifs is 2. The molecule has 0 aliphatic rings. The van der Waals surface area contributed by atoms with Crippen molar-refractivity contribution in [3.8, 4) is 17.3 Å². The molecule has 192 valence electrons. The number of ether oxygens (including phenoxy) is 1. The minimum atomic E-state index is -0.310. The Balaban J connectivity index is 1.37. The Morgan fingerprint density at radius 1 is 1.03 bits per heavy atom. The quantitative estimate of drug-likeness (QED) is 0.182. The smallest absolute Gasteiger partial charge is 0.282 e. The Kier molecular flexibility index (Phi) is 6.77. The van der Waals surface area contributed by atoms with Crippen molar-refractivity contribution in [2.45, 2.75) is 13.5 Å². The summed E-state index contributed by atoms with van der Waals surface area (Å²) in [5.74, 6) is 1.27. The number of aryl methyl sites for hydroxylation is 1. The first-order valence-corrected chi connectivity index (χ1v) is 13.4. The number of hydrogen-bond donors (Lipinski definition) is 0. The molecule has 6 nitrogen and oxygen atoms in total. The van der Waals surface area contributed by atoms with Gasteiger partial charge in [0.2, 0.25) is 5.82 Å². The summed E-state index contributed by atoms with van der Waals surface area (Å²) < 4.78 is 13.9. The Morgan fingerprint density at radius 3 is 2.59 bits per heavy atom. The molecule has 8 heteroatoms. The van der Waals surface area contributed by atoms with E-state index >= 15 is 0 Å². The third-order valence-corrected chi connectivity index (χ3v) is 7.12. The summed E-state index contributed by atoms with van der Waals surface area (Å²) in [6.07, 6.45) is 1.56. The first-order chi connectivity index (χ1) is 19.0. The fourth-order valence-electron chi connectivity index (χ4n) is 4.24. The molecule has 0 aliphatic carbocycles. The third-order valence-electron chi connectivity index (χ3n) is 6.25. The van der Waals surface area contributed by atoms with Crippen molar-refractivity contribution < 1.29 is 9.15 Å².